The van der Waals surface area contributed by atoms with Crippen molar-refractivity contribution in [1.29, 1.82) is 0 Å². The van der Waals surface area contributed by atoms with E-state index in [9.17, 15) is 5.11 Å². The van der Waals surface area contributed by atoms with Crippen molar-refractivity contribution in [3.05, 3.63) is 41.8 Å². The highest BCUT2D eigenvalue weighted by Gasteiger charge is 2.17. The first-order valence-corrected chi connectivity index (χ1v) is 8.69. The van der Waals surface area contributed by atoms with E-state index in [1.807, 2.05) is 25.3 Å². The number of fused-ring (bicyclic) bond motifs is 1. The smallest absolute Gasteiger partial charge is 0.256 e. The second kappa shape index (κ2) is 6.30. The highest BCUT2D eigenvalue weighted by atomic mass is 32.1. The number of aromatic nitrogens is 4. The van der Waals surface area contributed by atoms with Crippen molar-refractivity contribution in [1.82, 2.24) is 19.5 Å². The Morgan fingerprint density at radius 3 is 2.69 bits per heavy atom. The number of thiazole rings is 1. The third-order valence-corrected chi connectivity index (χ3v) is 4.90. The van der Waals surface area contributed by atoms with Gasteiger partial charge in [-0.2, -0.15) is 0 Å². The van der Waals surface area contributed by atoms with Crippen LogP contribution in [0.3, 0.4) is 0 Å². The molecule has 0 aromatic carbocycles. The van der Waals surface area contributed by atoms with Gasteiger partial charge < -0.3 is 14.6 Å². The van der Waals surface area contributed by atoms with Crippen molar-refractivity contribution in [3.8, 4) is 33.8 Å². The first kappa shape index (κ1) is 16.3. The molecule has 26 heavy (non-hydrogen) atoms. The van der Waals surface area contributed by atoms with Gasteiger partial charge in [0, 0.05) is 18.0 Å². The van der Waals surface area contributed by atoms with Gasteiger partial charge in [0.1, 0.15) is 5.00 Å². The molecule has 1 N–H and O–H groups in total. The van der Waals surface area contributed by atoms with Gasteiger partial charge in [-0.1, -0.05) is 0 Å². The lowest BCUT2D eigenvalue weighted by molar-refractivity contribution is 0.343. The summed E-state index contributed by atoms with van der Waals surface area (Å²) >= 11 is 1.44. The summed E-state index contributed by atoms with van der Waals surface area (Å²) in [5.74, 6) is 1.11. The molecule has 0 atom stereocenters. The fraction of sp³-hybridized carbons (Fsp3) is 0.167. The number of ether oxygens (including phenoxy) is 2. The molecule has 0 spiro atoms. The molecule has 132 valence electrons. The van der Waals surface area contributed by atoms with Crippen LogP contribution in [0.1, 0.15) is 5.56 Å². The molecule has 8 heteroatoms. The van der Waals surface area contributed by atoms with Crippen LogP contribution in [0.2, 0.25) is 0 Å². The average Bonchev–Trinajstić information content (AvgIpc) is 3.29. The van der Waals surface area contributed by atoms with Crippen LogP contribution in [-0.4, -0.2) is 38.8 Å². The second-order valence-electron chi connectivity index (χ2n) is 5.68. The second-order valence-corrected chi connectivity index (χ2v) is 6.55. The van der Waals surface area contributed by atoms with Crippen molar-refractivity contribution < 1.29 is 14.6 Å². The molecule has 4 aromatic heterocycles. The lowest BCUT2D eigenvalue weighted by Gasteiger charge is -2.09. The number of methoxy groups -OCH3 is 2. The van der Waals surface area contributed by atoms with E-state index < -0.39 is 0 Å². The minimum atomic E-state index is 0.159. The van der Waals surface area contributed by atoms with Crippen LogP contribution < -0.4 is 9.47 Å². The van der Waals surface area contributed by atoms with E-state index in [-0.39, 0.29) is 5.88 Å². The van der Waals surface area contributed by atoms with E-state index >= 15 is 0 Å². The van der Waals surface area contributed by atoms with Gasteiger partial charge in [-0.05, 0) is 24.6 Å². The molecule has 0 amide bonds. The first-order chi connectivity index (χ1) is 12.6. The molecule has 0 aliphatic heterocycles. The highest BCUT2D eigenvalue weighted by molar-refractivity contribution is 7.12. The van der Waals surface area contributed by atoms with Gasteiger partial charge in [-0.15, -0.1) is 11.3 Å². The van der Waals surface area contributed by atoms with Crippen LogP contribution in [0.5, 0.6) is 17.5 Å². The van der Waals surface area contributed by atoms with Gasteiger partial charge in [-0.3, -0.25) is 9.55 Å². The van der Waals surface area contributed by atoms with E-state index in [2.05, 4.69) is 9.97 Å². The minimum Gasteiger partial charge on any atom is -0.494 e. The van der Waals surface area contributed by atoms with E-state index in [1.165, 1.54) is 11.3 Å². The largest absolute Gasteiger partial charge is 0.494 e. The predicted molar refractivity (Wildman–Crippen MR) is 99.5 cm³/mol. The van der Waals surface area contributed by atoms with Crippen LogP contribution in [0.4, 0.5) is 0 Å². The number of hydrogen-bond donors (Lipinski definition) is 1. The zero-order chi connectivity index (χ0) is 18.3. The maximum Gasteiger partial charge on any atom is 0.256 e. The summed E-state index contributed by atoms with van der Waals surface area (Å²) < 4.78 is 12.2. The van der Waals surface area contributed by atoms with Gasteiger partial charge >= 0.3 is 0 Å². The molecule has 0 unspecified atom stereocenters. The van der Waals surface area contributed by atoms with E-state index in [0.717, 1.165) is 27.2 Å². The molecule has 0 bridgehead atoms. The minimum absolute atomic E-state index is 0.159. The third-order valence-electron chi connectivity index (χ3n) is 4.13. The quantitative estimate of drug-likeness (QED) is 0.593. The molecule has 4 aromatic rings. The summed E-state index contributed by atoms with van der Waals surface area (Å²) in [6, 6.07) is 3.75. The molecule has 0 fully saturated rings. The molecule has 4 heterocycles. The maximum absolute atomic E-state index is 10.6. The van der Waals surface area contributed by atoms with Gasteiger partial charge in [0.25, 0.3) is 5.88 Å². The summed E-state index contributed by atoms with van der Waals surface area (Å²) in [6.07, 6.45) is 5.20. The Labute approximate surface area is 153 Å². The van der Waals surface area contributed by atoms with Gasteiger partial charge in [0.05, 0.1) is 42.5 Å². The van der Waals surface area contributed by atoms with Crippen molar-refractivity contribution >= 4 is 22.2 Å². The average molecular weight is 368 g/mol. The molecule has 7 nitrogen and oxygen atoms in total. The molecule has 4 rings (SSSR count). The number of nitrogens with zero attached hydrogens (tertiary/aromatic N) is 4. The Balaban J connectivity index is 1.88. The Hall–Kier alpha value is -3.13. The summed E-state index contributed by atoms with van der Waals surface area (Å²) in [7, 11) is 3.11. The van der Waals surface area contributed by atoms with E-state index in [1.54, 1.807) is 36.7 Å². The van der Waals surface area contributed by atoms with Crippen LogP contribution in [0.15, 0.2) is 36.2 Å². The van der Waals surface area contributed by atoms with Crippen molar-refractivity contribution in [2.24, 2.45) is 0 Å². The first-order valence-electron chi connectivity index (χ1n) is 7.81. The number of hydrogen-bond acceptors (Lipinski definition) is 7. The SMILES string of the molecule is COc1cc(-c2cc(C)c3c(O)n(-c4cncs4)cc3n2)cnc1OC. The van der Waals surface area contributed by atoms with Gasteiger partial charge in [0.2, 0.25) is 5.88 Å². The highest BCUT2D eigenvalue weighted by Crippen LogP contribution is 2.36. The standard InChI is InChI=1S/C18H16N4O3S/c1-10-4-12(11-5-14(24-2)17(25-3)20-6-11)21-13-8-22(18(23)16(10)13)15-7-19-9-26-15/h4-9,23H,1-3H3. The van der Waals surface area contributed by atoms with Gasteiger partial charge in [0.15, 0.2) is 5.75 Å². The topological polar surface area (TPSA) is 82.3 Å². The zero-order valence-electron chi connectivity index (χ0n) is 14.4. The molecule has 0 saturated heterocycles. The normalized spacial score (nSPS) is 11.0. The zero-order valence-corrected chi connectivity index (χ0v) is 15.2. The van der Waals surface area contributed by atoms with Crippen LogP contribution >= 0.6 is 11.3 Å². The Morgan fingerprint density at radius 1 is 1.15 bits per heavy atom. The number of aryl methyl sites for hydroxylation is 1. The molecule has 0 saturated carbocycles. The van der Waals surface area contributed by atoms with Gasteiger partial charge in [-0.25, -0.2) is 9.97 Å². The molecular formula is C18H16N4O3S. The fourth-order valence-corrected chi connectivity index (χ4v) is 3.51. The van der Waals surface area contributed by atoms with Crippen LogP contribution in [-0.2, 0) is 0 Å². The summed E-state index contributed by atoms with van der Waals surface area (Å²) in [6.45, 7) is 1.94. The third kappa shape index (κ3) is 2.55. The Bertz CT molecular complexity index is 1090. The predicted octanol–water partition coefficient (Wildman–Crippen LogP) is 3.58. The number of aromatic hydroxyl groups is 1. The summed E-state index contributed by atoms with van der Waals surface area (Å²) in [4.78, 5) is 13.0. The van der Waals surface area contributed by atoms with E-state index in [0.29, 0.717) is 17.1 Å². The van der Waals surface area contributed by atoms with Crippen LogP contribution in [0, 0.1) is 6.92 Å². The molecule has 0 aliphatic carbocycles. The van der Waals surface area contributed by atoms with E-state index in [4.69, 9.17) is 14.5 Å². The van der Waals surface area contributed by atoms with Crippen molar-refractivity contribution in [3.63, 3.8) is 0 Å². The lowest BCUT2D eigenvalue weighted by atomic mass is 10.1. The summed E-state index contributed by atoms with van der Waals surface area (Å²) in [5.41, 5.74) is 4.88. The molecule has 0 radical (unpaired) electrons. The Morgan fingerprint density at radius 2 is 2.00 bits per heavy atom. The monoisotopic (exact) mass is 368 g/mol. The number of rotatable bonds is 4. The maximum atomic E-state index is 10.6. The van der Waals surface area contributed by atoms with Crippen LogP contribution in [0.25, 0.3) is 27.2 Å². The number of pyridine rings is 2. The Kier molecular flexibility index (Phi) is 3.96. The molecular weight excluding hydrogens is 352 g/mol. The fourth-order valence-electron chi connectivity index (χ4n) is 2.90. The summed E-state index contributed by atoms with van der Waals surface area (Å²) in [5, 5.41) is 12.2. The molecule has 0 aliphatic rings. The van der Waals surface area contributed by atoms with Crippen molar-refractivity contribution in [2.45, 2.75) is 6.92 Å². The van der Waals surface area contributed by atoms with Crippen molar-refractivity contribution in [2.75, 3.05) is 14.2 Å². The lowest BCUT2D eigenvalue weighted by Crippen LogP contribution is -1.95.